The summed E-state index contributed by atoms with van der Waals surface area (Å²) in [6, 6.07) is 0. The largest absolute Gasteiger partial charge is 0.481 e. The van der Waals surface area contributed by atoms with Crippen molar-refractivity contribution in [3.05, 3.63) is 12.2 Å². The van der Waals surface area contributed by atoms with Gasteiger partial charge in [-0.25, -0.2) is 10.2 Å². The van der Waals surface area contributed by atoms with Crippen LogP contribution in [-0.2, 0) is 14.3 Å². The minimum absolute atomic E-state index is 0.174. The molecule has 1 amide bonds. The number of amides is 1. The van der Waals surface area contributed by atoms with Crippen molar-refractivity contribution in [2.75, 3.05) is 6.61 Å². The second-order valence-electron chi connectivity index (χ2n) is 6.55. The minimum atomic E-state index is -0.754. The maximum Gasteiger partial charge on any atom is 0.427 e. The zero-order valence-corrected chi connectivity index (χ0v) is 14.7. The van der Waals surface area contributed by atoms with E-state index in [0.29, 0.717) is 18.9 Å². The summed E-state index contributed by atoms with van der Waals surface area (Å²) in [5.41, 5.74) is 2.40. The van der Waals surface area contributed by atoms with Crippen LogP contribution < -0.4 is 5.43 Å². The maximum atomic E-state index is 11.4. The van der Waals surface area contributed by atoms with Gasteiger partial charge in [-0.1, -0.05) is 19.1 Å². The van der Waals surface area contributed by atoms with Crippen LogP contribution in [0.2, 0.25) is 0 Å². The fourth-order valence-corrected chi connectivity index (χ4v) is 3.47. The number of carbonyl (C=O) groups is 2. The van der Waals surface area contributed by atoms with Crippen molar-refractivity contribution in [1.29, 1.82) is 0 Å². The molecule has 4 atom stereocenters. The zero-order valence-electron chi connectivity index (χ0n) is 14.7. The summed E-state index contributed by atoms with van der Waals surface area (Å²) in [4.78, 5) is 21.9. The van der Waals surface area contributed by atoms with Crippen LogP contribution >= 0.6 is 0 Å². The molecular formula is C18H28N2O5. The smallest absolute Gasteiger partial charge is 0.427 e. The highest BCUT2D eigenvalue weighted by Gasteiger charge is 2.47. The molecule has 2 saturated heterocycles. The van der Waals surface area contributed by atoms with Crippen molar-refractivity contribution in [3.63, 3.8) is 0 Å². The molecule has 2 fully saturated rings. The number of carbonyl (C=O) groups excluding carboxylic acids is 1. The van der Waals surface area contributed by atoms with E-state index in [2.05, 4.69) is 16.6 Å². The second-order valence-corrected chi connectivity index (χ2v) is 6.55. The van der Waals surface area contributed by atoms with Gasteiger partial charge in [-0.05, 0) is 44.4 Å². The number of hydrazone groups is 1. The van der Waals surface area contributed by atoms with Crippen LogP contribution in [-0.4, -0.2) is 42.2 Å². The standard InChI is InChI=1S/C18H28N2O5/c1-2-11-24-18(23)20-19-12-14-13(15-9-10-16(14)25-15)7-5-3-4-6-8-17(21)22/h3,5,12-16H,2,4,6-11H2,1H3,(H,20,23)(H,21,22)/b5-3-,19-12?/t13-,14-,15-,16+/m1/s1. The molecule has 2 heterocycles. The molecule has 7 nitrogen and oxygen atoms in total. The quantitative estimate of drug-likeness (QED) is 0.272. The van der Waals surface area contributed by atoms with Gasteiger partial charge < -0.3 is 14.6 Å². The highest BCUT2D eigenvalue weighted by Crippen LogP contribution is 2.44. The van der Waals surface area contributed by atoms with Gasteiger partial charge in [0.1, 0.15) is 0 Å². The first-order valence-corrected chi connectivity index (χ1v) is 9.10. The highest BCUT2D eigenvalue weighted by atomic mass is 16.6. The molecule has 25 heavy (non-hydrogen) atoms. The highest BCUT2D eigenvalue weighted by molar-refractivity contribution is 5.70. The molecule has 0 saturated carbocycles. The van der Waals surface area contributed by atoms with Crippen molar-refractivity contribution < 1.29 is 24.2 Å². The van der Waals surface area contributed by atoms with Crippen LogP contribution in [0.3, 0.4) is 0 Å². The summed E-state index contributed by atoms with van der Waals surface area (Å²) in [7, 11) is 0. The van der Waals surface area contributed by atoms with Crippen LogP contribution in [0.25, 0.3) is 0 Å². The minimum Gasteiger partial charge on any atom is -0.481 e. The number of unbranched alkanes of at least 4 members (excludes halogenated alkanes) is 1. The first-order chi connectivity index (χ1) is 12.1. The molecule has 7 heteroatoms. The molecule has 0 aliphatic carbocycles. The normalized spacial score (nSPS) is 28.0. The number of aliphatic carboxylic acids is 1. The number of carboxylic acids is 1. The molecule has 0 aromatic rings. The molecule has 0 aromatic carbocycles. The number of allylic oxidation sites excluding steroid dienone is 2. The average molecular weight is 352 g/mol. The number of nitrogens with one attached hydrogen (secondary N) is 1. The number of nitrogens with zero attached hydrogens (tertiary/aromatic N) is 1. The fraction of sp³-hybridized carbons (Fsp3) is 0.722. The number of hydrogen-bond donors (Lipinski definition) is 2. The Bertz CT molecular complexity index is 506. The Hall–Kier alpha value is -1.89. The van der Waals surface area contributed by atoms with Crippen LogP contribution in [0.5, 0.6) is 0 Å². The monoisotopic (exact) mass is 352 g/mol. The molecule has 2 bridgehead atoms. The fourth-order valence-electron chi connectivity index (χ4n) is 3.47. The maximum absolute atomic E-state index is 11.4. The van der Waals surface area contributed by atoms with E-state index in [0.717, 1.165) is 32.1 Å². The lowest BCUT2D eigenvalue weighted by atomic mass is 9.78. The van der Waals surface area contributed by atoms with Gasteiger partial charge in [-0.15, -0.1) is 0 Å². The summed E-state index contributed by atoms with van der Waals surface area (Å²) < 4.78 is 10.9. The van der Waals surface area contributed by atoms with Gasteiger partial charge in [0, 0.05) is 18.6 Å². The molecule has 140 valence electrons. The number of hydrogen-bond acceptors (Lipinski definition) is 5. The Morgan fingerprint density at radius 1 is 1.32 bits per heavy atom. The Balaban J connectivity index is 1.77. The number of ether oxygens (including phenoxy) is 2. The summed E-state index contributed by atoms with van der Waals surface area (Å²) in [5, 5.41) is 12.7. The first-order valence-electron chi connectivity index (χ1n) is 9.10. The van der Waals surface area contributed by atoms with Crippen LogP contribution in [0, 0.1) is 11.8 Å². The lowest BCUT2D eigenvalue weighted by Crippen LogP contribution is -2.29. The van der Waals surface area contributed by atoms with Gasteiger partial charge in [-0.3, -0.25) is 4.79 Å². The third-order valence-electron chi connectivity index (χ3n) is 4.66. The summed E-state index contributed by atoms with van der Waals surface area (Å²) in [5.74, 6) is -0.211. The topological polar surface area (TPSA) is 97.2 Å². The third kappa shape index (κ3) is 6.16. The Labute approximate surface area is 148 Å². The summed E-state index contributed by atoms with van der Waals surface area (Å²) >= 11 is 0. The number of carboxylic acid groups (broad SMARTS) is 1. The van der Waals surface area contributed by atoms with Gasteiger partial charge in [0.25, 0.3) is 0 Å². The summed E-state index contributed by atoms with van der Waals surface area (Å²) in [6.45, 7) is 2.32. The van der Waals surface area contributed by atoms with Gasteiger partial charge in [0.05, 0.1) is 18.8 Å². The molecule has 0 spiro atoms. The third-order valence-corrected chi connectivity index (χ3v) is 4.66. The van der Waals surface area contributed by atoms with Crippen molar-refractivity contribution in [2.45, 2.75) is 64.1 Å². The van der Waals surface area contributed by atoms with Crippen LogP contribution in [0.1, 0.15) is 51.9 Å². The van der Waals surface area contributed by atoms with Crippen molar-refractivity contribution in [3.8, 4) is 0 Å². The van der Waals surface area contributed by atoms with E-state index >= 15 is 0 Å². The van der Waals surface area contributed by atoms with E-state index in [1.807, 2.05) is 13.0 Å². The number of rotatable bonds is 10. The van der Waals surface area contributed by atoms with Gasteiger partial charge in [-0.2, -0.15) is 5.10 Å². The van der Waals surface area contributed by atoms with E-state index in [-0.39, 0.29) is 24.5 Å². The molecule has 0 radical (unpaired) electrons. The average Bonchev–Trinajstić information content (AvgIpc) is 3.18. The predicted molar refractivity (Wildman–Crippen MR) is 93.4 cm³/mol. The van der Waals surface area contributed by atoms with Gasteiger partial charge in [0.15, 0.2) is 0 Å². The molecule has 0 unspecified atom stereocenters. The van der Waals surface area contributed by atoms with E-state index in [4.69, 9.17) is 14.6 Å². The molecule has 2 rings (SSSR count). The van der Waals surface area contributed by atoms with Gasteiger partial charge >= 0.3 is 12.1 Å². The zero-order chi connectivity index (χ0) is 18.1. The predicted octanol–water partition coefficient (Wildman–Crippen LogP) is 3.10. The number of fused-ring (bicyclic) bond motifs is 2. The molecule has 2 N–H and O–H groups in total. The Morgan fingerprint density at radius 2 is 2.12 bits per heavy atom. The molecule has 0 aromatic heterocycles. The van der Waals surface area contributed by atoms with Gasteiger partial charge in [0.2, 0.25) is 0 Å². The Kier molecular flexibility index (Phi) is 7.91. The van der Waals surface area contributed by atoms with E-state index in [1.165, 1.54) is 0 Å². The SMILES string of the molecule is CCCOC(=O)NN=C[C@@H]1[C@@H](C/C=C\CCCC(=O)O)[C@H]2CC[C@@H]1O2. The van der Waals surface area contributed by atoms with Crippen molar-refractivity contribution in [1.82, 2.24) is 5.43 Å². The molecule has 2 aliphatic heterocycles. The molecule has 2 aliphatic rings. The van der Waals surface area contributed by atoms with Crippen LogP contribution in [0.15, 0.2) is 17.3 Å². The lowest BCUT2D eigenvalue weighted by molar-refractivity contribution is -0.137. The van der Waals surface area contributed by atoms with Crippen LogP contribution in [0.4, 0.5) is 4.79 Å². The molecular weight excluding hydrogens is 324 g/mol. The first kappa shape index (κ1) is 19.4. The second kappa shape index (κ2) is 10.2. The summed E-state index contributed by atoms with van der Waals surface area (Å²) in [6.07, 6.45) is 11.2. The lowest BCUT2D eigenvalue weighted by Gasteiger charge is -2.23. The van der Waals surface area contributed by atoms with E-state index in [1.54, 1.807) is 6.21 Å². The van der Waals surface area contributed by atoms with Crippen molar-refractivity contribution in [2.24, 2.45) is 16.9 Å². The Morgan fingerprint density at radius 3 is 2.88 bits per heavy atom. The van der Waals surface area contributed by atoms with E-state index in [9.17, 15) is 9.59 Å². The van der Waals surface area contributed by atoms with Crippen molar-refractivity contribution >= 4 is 18.3 Å². The van der Waals surface area contributed by atoms with E-state index < -0.39 is 12.1 Å².